The number of thioether (sulfide) groups is 1. The van der Waals surface area contributed by atoms with Crippen LogP contribution >= 0.6 is 23.1 Å². The molecule has 0 spiro atoms. The van der Waals surface area contributed by atoms with E-state index in [0.29, 0.717) is 34.2 Å². The molecule has 1 aliphatic heterocycles. The van der Waals surface area contributed by atoms with Crippen LogP contribution in [0.1, 0.15) is 37.1 Å². The lowest BCUT2D eigenvalue weighted by molar-refractivity contribution is -0.115. The molecular weight excluding hydrogens is 449 g/mol. The Morgan fingerprint density at radius 1 is 1.41 bits per heavy atom. The van der Waals surface area contributed by atoms with Crippen molar-refractivity contribution < 1.29 is 13.9 Å². The average Bonchev–Trinajstić information content (AvgIpc) is 3.39. The van der Waals surface area contributed by atoms with E-state index in [-0.39, 0.29) is 23.4 Å². The van der Waals surface area contributed by atoms with Gasteiger partial charge in [0.2, 0.25) is 5.91 Å². The summed E-state index contributed by atoms with van der Waals surface area (Å²) in [5.41, 5.74) is 1.49. The van der Waals surface area contributed by atoms with Gasteiger partial charge in [0.05, 0.1) is 23.3 Å². The number of carbonyl (C=O) groups excluding carboxylic acids is 1. The molecule has 0 radical (unpaired) electrons. The van der Waals surface area contributed by atoms with Crippen LogP contribution in [0, 0.1) is 12.7 Å². The summed E-state index contributed by atoms with van der Waals surface area (Å²) in [4.78, 5) is 32.9. The second-order valence-corrected chi connectivity index (χ2v) is 10.4. The highest BCUT2D eigenvalue weighted by atomic mass is 32.2. The lowest BCUT2D eigenvalue weighted by Crippen LogP contribution is -2.30. The van der Waals surface area contributed by atoms with E-state index in [2.05, 4.69) is 5.32 Å². The molecule has 2 unspecified atom stereocenters. The molecule has 0 saturated carbocycles. The van der Waals surface area contributed by atoms with Crippen LogP contribution in [-0.2, 0) is 22.5 Å². The lowest BCUT2D eigenvalue weighted by Gasteiger charge is -2.18. The number of hydrogen-bond acceptors (Lipinski definition) is 6. The van der Waals surface area contributed by atoms with Crippen molar-refractivity contribution >= 4 is 44.9 Å². The van der Waals surface area contributed by atoms with Gasteiger partial charge in [-0.25, -0.2) is 9.37 Å². The van der Waals surface area contributed by atoms with Crippen LogP contribution in [0.2, 0.25) is 0 Å². The fraction of sp³-hybridized carbons (Fsp3) is 0.435. The molecule has 1 N–H and O–H groups in total. The Morgan fingerprint density at radius 3 is 2.81 bits per heavy atom. The van der Waals surface area contributed by atoms with Crippen molar-refractivity contribution in [2.24, 2.45) is 0 Å². The SMILES string of the molecule is CCc1c(C)sc2nc(SC(C)C(=O)Nc3ccc(F)cc3)n(CC3CCCO3)c(=O)c12. The highest BCUT2D eigenvalue weighted by molar-refractivity contribution is 8.00. The number of aromatic nitrogens is 2. The maximum atomic E-state index is 13.5. The molecule has 32 heavy (non-hydrogen) atoms. The van der Waals surface area contributed by atoms with E-state index in [4.69, 9.17) is 9.72 Å². The number of aryl methyl sites for hydroxylation is 2. The maximum Gasteiger partial charge on any atom is 0.263 e. The van der Waals surface area contributed by atoms with Crippen LogP contribution in [0.25, 0.3) is 10.2 Å². The van der Waals surface area contributed by atoms with Crippen molar-refractivity contribution in [2.75, 3.05) is 11.9 Å². The van der Waals surface area contributed by atoms with Gasteiger partial charge < -0.3 is 10.1 Å². The molecule has 1 aromatic carbocycles. The van der Waals surface area contributed by atoms with Gasteiger partial charge >= 0.3 is 0 Å². The van der Waals surface area contributed by atoms with Gasteiger partial charge in [-0.15, -0.1) is 11.3 Å². The van der Waals surface area contributed by atoms with Crippen LogP contribution in [-0.4, -0.2) is 33.4 Å². The van der Waals surface area contributed by atoms with Gasteiger partial charge in [-0.1, -0.05) is 18.7 Å². The van der Waals surface area contributed by atoms with Gasteiger partial charge in [-0.05, 0) is 62.9 Å². The number of amides is 1. The topological polar surface area (TPSA) is 73.2 Å². The molecule has 1 saturated heterocycles. The lowest BCUT2D eigenvalue weighted by atomic mass is 10.1. The van der Waals surface area contributed by atoms with Crippen LogP contribution in [0.15, 0.2) is 34.2 Å². The smallest absolute Gasteiger partial charge is 0.263 e. The van der Waals surface area contributed by atoms with Crippen molar-refractivity contribution in [3.63, 3.8) is 0 Å². The number of benzene rings is 1. The van der Waals surface area contributed by atoms with Crippen molar-refractivity contribution in [1.29, 1.82) is 0 Å². The molecule has 0 aliphatic carbocycles. The van der Waals surface area contributed by atoms with E-state index in [1.807, 2.05) is 13.8 Å². The van der Waals surface area contributed by atoms with E-state index in [9.17, 15) is 14.0 Å². The zero-order valence-electron chi connectivity index (χ0n) is 18.3. The first kappa shape index (κ1) is 22.9. The second-order valence-electron chi connectivity index (χ2n) is 7.87. The molecule has 2 atom stereocenters. The van der Waals surface area contributed by atoms with Crippen molar-refractivity contribution in [3.8, 4) is 0 Å². The Bertz CT molecular complexity index is 1180. The largest absolute Gasteiger partial charge is 0.376 e. The first-order valence-corrected chi connectivity index (χ1v) is 12.4. The number of nitrogens with one attached hydrogen (secondary N) is 1. The van der Waals surface area contributed by atoms with Gasteiger partial charge in [0.25, 0.3) is 5.56 Å². The number of hydrogen-bond donors (Lipinski definition) is 1. The van der Waals surface area contributed by atoms with Crippen molar-refractivity contribution in [2.45, 2.75) is 63.1 Å². The normalized spacial score (nSPS) is 17.1. The summed E-state index contributed by atoms with van der Waals surface area (Å²) in [5.74, 6) is -0.602. The minimum absolute atomic E-state index is 0.0283. The molecule has 1 amide bonds. The van der Waals surface area contributed by atoms with E-state index >= 15 is 0 Å². The van der Waals surface area contributed by atoms with Crippen LogP contribution < -0.4 is 10.9 Å². The summed E-state index contributed by atoms with van der Waals surface area (Å²) in [7, 11) is 0. The monoisotopic (exact) mass is 475 g/mol. The summed E-state index contributed by atoms with van der Waals surface area (Å²) < 4.78 is 20.6. The number of thiophene rings is 1. The predicted octanol–water partition coefficient (Wildman–Crippen LogP) is 4.77. The maximum absolute atomic E-state index is 13.5. The Kier molecular flexibility index (Phi) is 6.97. The minimum atomic E-state index is -0.508. The zero-order chi connectivity index (χ0) is 22.8. The standard InChI is InChI=1S/C23H26FN3O3S2/c1-4-18-13(2)31-21-19(18)22(29)27(12-17-6-5-11-30-17)23(26-21)32-14(3)20(28)25-16-9-7-15(24)8-10-16/h7-10,14,17H,4-6,11-12H2,1-3H3,(H,25,28). The number of fused-ring (bicyclic) bond motifs is 1. The Balaban J connectivity index is 1.65. The molecule has 6 nitrogen and oxygen atoms in total. The van der Waals surface area contributed by atoms with Crippen LogP contribution in [0.5, 0.6) is 0 Å². The molecule has 2 aromatic heterocycles. The number of ether oxygens (including phenoxy) is 1. The minimum Gasteiger partial charge on any atom is -0.376 e. The number of rotatable bonds is 7. The quantitative estimate of drug-likeness (QED) is 0.394. The van der Waals surface area contributed by atoms with E-state index in [1.165, 1.54) is 47.4 Å². The highest BCUT2D eigenvalue weighted by Gasteiger charge is 2.25. The van der Waals surface area contributed by atoms with E-state index in [0.717, 1.165) is 29.7 Å². The molecule has 1 fully saturated rings. The summed E-state index contributed by atoms with van der Waals surface area (Å²) >= 11 is 2.77. The highest BCUT2D eigenvalue weighted by Crippen LogP contribution is 2.31. The fourth-order valence-electron chi connectivity index (χ4n) is 3.89. The third-order valence-corrected chi connectivity index (χ3v) is 7.74. The summed E-state index contributed by atoms with van der Waals surface area (Å²) in [6.07, 6.45) is 2.62. The Hall–Kier alpha value is -2.23. The number of anilines is 1. The molecule has 3 heterocycles. The fourth-order valence-corrected chi connectivity index (χ4v) is 5.96. The first-order chi connectivity index (χ1) is 15.4. The number of nitrogens with zero attached hydrogens (tertiary/aromatic N) is 2. The van der Waals surface area contributed by atoms with Gasteiger partial charge in [0.15, 0.2) is 5.16 Å². The summed E-state index contributed by atoms with van der Waals surface area (Å²) in [5, 5.41) is 3.48. The second kappa shape index (κ2) is 9.72. The number of carbonyl (C=O) groups is 1. The third kappa shape index (κ3) is 4.74. The van der Waals surface area contributed by atoms with E-state index in [1.54, 1.807) is 11.5 Å². The number of halogens is 1. The predicted molar refractivity (Wildman–Crippen MR) is 127 cm³/mol. The van der Waals surface area contributed by atoms with Gasteiger partial charge in [-0.2, -0.15) is 0 Å². The summed E-state index contributed by atoms with van der Waals surface area (Å²) in [6.45, 7) is 6.96. The van der Waals surface area contributed by atoms with Crippen LogP contribution in [0.4, 0.5) is 10.1 Å². The summed E-state index contributed by atoms with van der Waals surface area (Å²) in [6, 6.07) is 5.63. The van der Waals surface area contributed by atoms with Crippen molar-refractivity contribution in [1.82, 2.24) is 9.55 Å². The third-order valence-electron chi connectivity index (χ3n) is 5.60. The first-order valence-electron chi connectivity index (χ1n) is 10.7. The van der Waals surface area contributed by atoms with Gasteiger partial charge in [0, 0.05) is 17.2 Å². The molecule has 9 heteroatoms. The molecule has 170 valence electrons. The molecule has 0 bridgehead atoms. The molecule has 4 rings (SSSR count). The molecule has 3 aromatic rings. The molecular formula is C23H26FN3O3S2. The average molecular weight is 476 g/mol. The zero-order valence-corrected chi connectivity index (χ0v) is 19.9. The van der Waals surface area contributed by atoms with Crippen LogP contribution in [0.3, 0.4) is 0 Å². The van der Waals surface area contributed by atoms with E-state index < -0.39 is 5.25 Å². The molecule has 1 aliphatic rings. The van der Waals surface area contributed by atoms with Gasteiger partial charge in [0.1, 0.15) is 10.6 Å². The Morgan fingerprint density at radius 2 is 2.16 bits per heavy atom. The van der Waals surface area contributed by atoms with Crippen molar-refractivity contribution in [3.05, 3.63) is 50.9 Å². The Labute approximate surface area is 194 Å². The van der Waals surface area contributed by atoms with Gasteiger partial charge in [-0.3, -0.25) is 14.2 Å².